The zero-order valence-corrected chi connectivity index (χ0v) is 15.0. The van der Waals surface area contributed by atoms with Gasteiger partial charge in [-0.25, -0.2) is 13.1 Å². The third-order valence-corrected chi connectivity index (χ3v) is 5.30. The highest BCUT2D eigenvalue weighted by atomic mass is 32.2. The highest BCUT2D eigenvalue weighted by Crippen LogP contribution is 2.21. The third kappa shape index (κ3) is 5.12. The van der Waals surface area contributed by atoms with E-state index in [1.165, 1.54) is 24.3 Å². The lowest BCUT2D eigenvalue weighted by Crippen LogP contribution is -2.23. The van der Waals surface area contributed by atoms with Crippen molar-refractivity contribution in [2.75, 3.05) is 0 Å². The van der Waals surface area contributed by atoms with Gasteiger partial charge >= 0.3 is 6.61 Å². The molecule has 0 spiro atoms. The van der Waals surface area contributed by atoms with Gasteiger partial charge in [0.1, 0.15) is 5.75 Å². The number of ether oxygens (including phenoxy) is 1. The molecule has 27 heavy (non-hydrogen) atoms. The molecule has 4 nitrogen and oxygen atoms in total. The van der Waals surface area contributed by atoms with E-state index in [1.54, 1.807) is 24.3 Å². The molecule has 0 aliphatic rings. The SMILES string of the molecule is O=S(=O)(NCc1ccc(OC(F)F)cc1)c1ccc(-c2ccccc2)cc1. The molecule has 0 aliphatic heterocycles. The van der Waals surface area contributed by atoms with Crippen LogP contribution in [0.15, 0.2) is 83.8 Å². The maximum Gasteiger partial charge on any atom is 0.387 e. The summed E-state index contributed by atoms with van der Waals surface area (Å²) in [7, 11) is -3.69. The largest absolute Gasteiger partial charge is 0.435 e. The van der Waals surface area contributed by atoms with Crippen LogP contribution in [0.25, 0.3) is 11.1 Å². The van der Waals surface area contributed by atoms with Crippen molar-refractivity contribution in [1.82, 2.24) is 4.72 Å². The summed E-state index contributed by atoms with van der Waals surface area (Å²) in [5.41, 5.74) is 2.55. The predicted molar refractivity (Wildman–Crippen MR) is 99.0 cm³/mol. The van der Waals surface area contributed by atoms with Gasteiger partial charge in [0.05, 0.1) is 4.90 Å². The quantitative estimate of drug-likeness (QED) is 0.650. The second kappa shape index (κ2) is 8.28. The molecule has 0 aliphatic carbocycles. The maximum absolute atomic E-state index is 12.4. The first kappa shape index (κ1) is 19.0. The Morgan fingerprint density at radius 3 is 2.00 bits per heavy atom. The van der Waals surface area contributed by atoms with Crippen molar-refractivity contribution in [2.45, 2.75) is 18.1 Å². The molecule has 140 valence electrons. The van der Waals surface area contributed by atoms with E-state index in [0.717, 1.165) is 11.1 Å². The second-order valence-corrected chi connectivity index (χ2v) is 7.50. The van der Waals surface area contributed by atoms with E-state index in [1.807, 2.05) is 30.3 Å². The van der Waals surface area contributed by atoms with Crippen LogP contribution in [0, 0.1) is 0 Å². The van der Waals surface area contributed by atoms with Gasteiger partial charge in [-0.1, -0.05) is 54.6 Å². The average molecular weight is 389 g/mol. The second-order valence-electron chi connectivity index (χ2n) is 5.74. The fourth-order valence-corrected chi connectivity index (χ4v) is 3.53. The summed E-state index contributed by atoms with van der Waals surface area (Å²) in [6, 6.07) is 22.0. The summed E-state index contributed by atoms with van der Waals surface area (Å²) in [6.45, 7) is -2.86. The van der Waals surface area contributed by atoms with Crippen LogP contribution in [-0.2, 0) is 16.6 Å². The average Bonchev–Trinajstić information content (AvgIpc) is 2.68. The van der Waals surface area contributed by atoms with Gasteiger partial charge in [-0.3, -0.25) is 0 Å². The lowest BCUT2D eigenvalue weighted by molar-refractivity contribution is -0.0498. The van der Waals surface area contributed by atoms with Gasteiger partial charge in [-0.2, -0.15) is 8.78 Å². The molecule has 0 saturated carbocycles. The number of hydrogen-bond acceptors (Lipinski definition) is 3. The molecule has 3 rings (SSSR count). The summed E-state index contributed by atoms with van der Waals surface area (Å²) >= 11 is 0. The fraction of sp³-hybridized carbons (Fsp3) is 0.100. The Morgan fingerprint density at radius 1 is 0.815 bits per heavy atom. The Hall–Kier alpha value is -2.77. The van der Waals surface area contributed by atoms with E-state index in [-0.39, 0.29) is 17.2 Å². The summed E-state index contributed by atoms with van der Waals surface area (Å²) in [5.74, 6) is 0.0214. The number of hydrogen-bond donors (Lipinski definition) is 1. The molecule has 0 fully saturated rings. The van der Waals surface area contributed by atoms with Crippen LogP contribution in [0.1, 0.15) is 5.56 Å². The van der Waals surface area contributed by atoms with Crippen LogP contribution < -0.4 is 9.46 Å². The first-order chi connectivity index (χ1) is 12.9. The van der Waals surface area contributed by atoms with Crippen LogP contribution in [0.2, 0.25) is 0 Å². The predicted octanol–water partition coefficient (Wildman–Crippen LogP) is 4.43. The number of alkyl halides is 2. The molecule has 7 heteroatoms. The zero-order valence-electron chi connectivity index (χ0n) is 14.2. The minimum atomic E-state index is -3.69. The maximum atomic E-state index is 12.4. The first-order valence-electron chi connectivity index (χ1n) is 8.13. The van der Waals surface area contributed by atoms with E-state index >= 15 is 0 Å². The van der Waals surface area contributed by atoms with Gasteiger partial charge < -0.3 is 4.74 Å². The number of nitrogens with one attached hydrogen (secondary N) is 1. The number of sulfonamides is 1. The van der Waals surface area contributed by atoms with Crippen LogP contribution in [0.4, 0.5) is 8.78 Å². The van der Waals surface area contributed by atoms with E-state index in [9.17, 15) is 17.2 Å². The standard InChI is InChI=1S/C20H17F2NO3S/c21-20(22)26-18-10-6-15(7-11-18)14-23-27(24,25)19-12-8-17(9-13-19)16-4-2-1-3-5-16/h1-13,20,23H,14H2. The lowest BCUT2D eigenvalue weighted by atomic mass is 10.1. The van der Waals surface area contributed by atoms with Crippen LogP contribution in [-0.4, -0.2) is 15.0 Å². The Labute approximate surface area is 156 Å². The number of rotatable bonds is 7. The Kier molecular flexibility index (Phi) is 5.83. The van der Waals surface area contributed by atoms with Crippen molar-refractivity contribution < 1.29 is 21.9 Å². The third-order valence-electron chi connectivity index (χ3n) is 3.89. The molecule has 0 heterocycles. The molecule has 0 atom stereocenters. The molecule has 0 bridgehead atoms. The molecule has 0 amide bonds. The number of halogens is 2. The molecule has 3 aromatic carbocycles. The van der Waals surface area contributed by atoms with Crippen molar-refractivity contribution in [2.24, 2.45) is 0 Å². The zero-order chi connectivity index (χ0) is 19.3. The van der Waals surface area contributed by atoms with Gasteiger partial charge in [0.2, 0.25) is 10.0 Å². The smallest absolute Gasteiger partial charge is 0.387 e. The summed E-state index contributed by atoms with van der Waals surface area (Å²) < 4.78 is 55.9. The normalized spacial score (nSPS) is 11.5. The molecule has 0 radical (unpaired) electrons. The Bertz CT molecular complexity index is 974. The topological polar surface area (TPSA) is 55.4 Å². The van der Waals surface area contributed by atoms with Gasteiger partial charge in [0.25, 0.3) is 0 Å². The molecular formula is C20H17F2NO3S. The van der Waals surface area contributed by atoms with Gasteiger partial charge in [0.15, 0.2) is 0 Å². The highest BCUT2D eigenvalue weighted by molar-refractivity contribution is 7.89. The Balaban J connectivity index is 1.66. The van der Waals surface area contributed by atoms with Gasteiger partial charge in [-0.05, 0) is 41.0 Å². The van der Waals surface area contributed by atoms with Crippen LogP contribution >= 0.6 is 0 Å². The minimum absolute atomic E-state index is 0.0214. The van der Waals surface area contributed by atoms with Crippen LogP contribution in [0.5, 0.6) is 5.75 Å². The molecule has 1 N–H and O–H groups in total. The van der Waals surface area contributed by atoms with Crippen LogP contribution in [0.3, 0.4) is 0 Å². The summed E-state index contributed by atoms with van der Waals surface area (Å²) in [5, 5.41) is 0. The van der Waals surface area contributed by atoms with Crippen molar-refractivity contribution in [3.8, 4) is 16.9 Å². The monoisotopic (exact) mass is 389 g/mol. The van der Waals surface area contributed by atoms with Crippen molar-refractivity contribution in [1.29, 1.82) is 0 Å². The van der Waals surface area contributed by atoms with Crippen molar-refractivity contribution in [3.05, 3.63) is 84.4 Å². The molecule has 3 aromatic rings. The fourth-order valence-electron chi connectivity index (χ4n) is 2.51. The summed E-state index contributed by atoms with van der Waals surface area (Å²) in [6.07, 6.45) is 0. The minimum Gasteiger partial charge on any atom is -0.435 e. The Morgan fingerprint density at radius 2 is 1.41 bits per heavy atom. The van der Waals surface area contributed by atoms with Crippen molar-refractivity contribution >= 4 is 10.0 Å². The van der Waals surface area contributed by atoms with E-state index in [4.69, 9.17) is 0 Å². The van der Waals surface area contributed by atoms with E-state index in [0.29, 0.717) is 5.56 Å². The lowest BCUT2D eigenvalue weighted by Gasteiger charge is -2.09. The summed E-state index contributed by atoms with van der Waals surface area (Å²) in [4.78, 5) is 0.153. The molecule has 0 aromatic heterocycles. The van der Waals surface area contributed by atoms with E-state index in [2.05, 4.69) is 9.46 Å². The molecule has 0 saturated heterocycles. The highest BCUT2D eigenvalue weighted by Gasteiger charge is 2.14. The van der Waals surface area contributed by atoms with Crippen molar-refractivity contribution in [3.63, 3.8) is 0 Å². The molecular weight excluding hydrogens is 372 g/mol. The molecule has 0 unspecified atom stereocenters. The van der Waals surface area contributed by atoms with Gasteiger partial charge in [0, 0.05) is 6.54 Å². The number of benzene rings is 3. The van der Waals surface area contributed by atoms with E-state index < -0.39 is 16.6 Å². The van der Waals surface area contributed by atoms with Gasteiger partial charge in [-0.15, -0.1) is 0 Å². The first-order valence-corrected chi connectivity index (χ1v) is 9.61.